The average molecular weight is 862 g/mol. The lowest BCUT2D eigenvalue weighted by atomic mass is 9.67. The quantitative estimate of drug-likeness (QED) is 0.128. The van der Waals surface area contributed by atoms with Gasteiger partial charge in [-0.05, 0) is 151 Å². The van der Waals surface area contributed by atoms with Crippen LogP contribution in [-0.4, -0.2) is 0 Å². The summed E-state index contributed by atoms with van der Waals surface area (Å²) >= 11 is 0. The summed E-state index contributed by atoms with van der Waals surface area (Å²) in [5.41, 5.74) is 20.4. The second-order valence-corrected chi connectivity index (χ2v) is 17.6. The maximum absolute atomic E-state index is 2.46. The zero-order valence-electron chi connectivity index (χ0n) is 38.1. The van der Waals surface area contributed by atoms with E-state index in [4.69, 9.17) is 0 Å². The Labute approximate surface area is 395 Å². The summed E-state index contributed by atoms with van der Waals surface area (Å²) in [5, 5.41) is 0. The van der Waals surface area contributed by atoms with Crippen molar-refractivity contribution in [3.8, 4) is 11.1 Å². The molecule has 0 fully saturated rings. The summed E-state index contributed by atoms with van der Waals surface area (Å²) in [5.74, 6) is 0. The molecule has 3 nitrogen and oxygen atoms in total. The van der Waals surface area contributed by atoms with Gasteiger partial charge in [-0.2, -0.15) is 0 Å². The monoisotopic (exact) mass is 861 g/mol. The fourth-order valence-corrected chi connectivity index (χ4v) is 10.2. The Morgan fingerprint density at radius 2 is 0.657 bits per heavy atom. The number of rotatable bonds is 11. The number of benzene rings is 10. The van der Waals surface area contributed by atoms with Gasteiger partial charge in [-0.1, -0.05) is 175 Å². The molecule has 0 atom stereocenters. The largest absolute Gasteiger partial charge is 0.310 e. The van der Waals surface area contributed by atoms with Crippen molar-refractivity contribution < 1.29 is 0 Å². The van der Waals surface area contributed by atoms with Gasteiger partial charge in [0.2, 0.25) is 0 Å². The van der Waals surface area contributed by atoms with Gasteiger partial charge in [0.25, 0.3) is 0 Å². The highest BCUT2D eigenvalue weighted by molar-refractivity contribution is 5.92. The van der Waals surface area contributed by atoms with Crippen molar-refractivity contribution in [2.75, 3.05) is 14.7 Å². The zero-order chi connectivity index (χ0) is 45.3. The molecular weight excluding hydrogens is 811 g/mol. The van der Waals surface area contributed by atoms with Crippen molar-refractivity contribution in [2.24, 2.45) is 0 Å². The number of aryl methyl sites for hydroxylation is 3. The van der Waals surface area contributed by atoms with Crippen LogP contribution in [0.4, 0.5) is 51.2 Å². The van der Waals surface area contributed by atoms with Crippen molar-refractivity contribution in [3.63, 3.8) is 0 Å². The van der Waals surface area contributed by atoms with E-state index < -0.39 is 5.41 Å². The van der Waals surface area contributed by atoms with Crippen molar-refractivity contribution in [1.82, 2.24) is 0 Å². The van der Waals surface area contributed by atoms with Crippen LogP contribution in [0.5, 0.6) is 0 Å². The number of fused-ring (bicyclic) bond motifs is 3. The van der Waals surface area contributed by atoms with Gasteiger partial charge >= 0.3 is 0 Å². The second kappa shape index (κ2) is 17.5. The SMILES string of the molecule is Cc1ccc(C2(c3ccc(C)cc3)c3ccccc3-c3cc(N(c4cccc(N(c5ccccc5)c5ccccc5)c4)c4cc(N(c5ccccc5)c5ccccc5)ccc4C)ccc32)cc1. The molecule has 11 rings (SSSR count). The van der Waals surface area contributed by atoms with Crippen LogP contribution in [0, 0.1) is 20.8 Å². The van der Waals surface area contributed by atoms with Crippen LogP contribution in [0.25, 0.3) is 11.1 Å². The highest BCUT2D eigenvalue weighted by atomic mass is 15.2. The molecule has 0 radical (unpaired) electrons. The lowest BCUT2D eigenvalue weighted by Crippen LogP contribution is -2.28. The van der Waals surface area contributed by atoms with Crippen molar-refractivity contribution in [1.29, 1.82) is 0 Å². The first-order valence-electron chi connectivity index (χ1n) is 23.2. The molecule has 0 heterocycles. The Morgan fingerprint density at radius 3 is 1.16 bits per heavy atom. The van der Waals surface area contributed by atoms with Gasteiger partial charge in [0.05, 0.1) is 11.1 Å². The van der Waals surface area contributed by atoms with Crippen LogP contribution in [0.1, 0.15) is 38.9 Å². The molecule has 322 valence electrons. The molecule has 0 amide bonds. The highest BCUT2D eigenvalue weighted by Crippen LogP contribution is 2.57. The average Bonchev–Trinajstić information content (AvgIpc) is 3.67. The molecular formula is C64H51N3. The number of hydrogen-bond donors (Lipinski definition) is 0. The van der Waals surface area contributed by atoms with Gasteiger partial charge < -0.3 is 14.7 Å². The lowest BCUT2D eigenvalue weighted by Gasteiger charge is -2.35. The summed E-state index contributed by atoms with van der Waals surface area (Å²) in [6.45, 7) is 6.57. The van der Waals surface area contributed by atoms with Gasteiger partial charge in [0.15, 0.2) is 0 Å². The summed E-state index contributed by atoms with van der Waals surface area (Å²) < 4.78 is 0. The Balaban J connectivity index is 1.16. The molecule has 0 unspecified atom stereocenters. The molecule has 0 aromatic heterocycles. The molecule has 0 saturated heterocycles. The summed E-state index contributed by atoms with van der Waals surface area (Å²) in [6.07, 6.45) is 0. The molecule has 67 heavy (non-hydrogen) atoms. The van der Waals surface area contributed by atoms with E-state index in [1.165, 1.54) is 44.5 Å². The van der Waals surface area contributed by atoms with Gasteiger partial charge in [-0.3, -0.25) is 0 Å². The molecule has 1 aliphatic rings. The van der Waals surface area contributed by atoms with E-state index in [-0.39, 0.29) is 0 Å². The van der Waals surface area contributed by atoms with Crippen LogP contribution >= 0.6 is 0 Å². The maximum Gasteiger partial charge on any atom is 0.0713 e. The third-order valence-corrected chi connectivity index (χ3v) is 13.4. The van der Waals surface area contributed by atoms with Crippen LogP contribution in [0.15, 0.2) is 255 Å². The van der Waals surface area contributed by atoms with Gasteiger partial charge in [0, 0.05) is 45.5 Å². The first-order valence-corrected chi connectivity index (χ1v) is 23.2. The van der Waals surface area contributed by atoms with E-state index in [1.807, 2.05) is 0 Å². The molecule has 10 aromatic rings. The van der Waals surface area contributed by atoms with E-state index in [2.05, 4.69) is 290 Å². The standard InChI is InChI=1S/C64H51N3/c1-46-31-36-49(37-32-46)64(50-38-33-47(2)34-39-50)61-30-17-16-29-59(61)60-44-57(41-42-62(60)64)67(56-28-18-27-55(43-56)65(51-19-8-4-9-20-51)52-21-10-5-11-22-52)63-45-58(40-35-48(63)3)66(53-23-12-6-13-24-53)54-25-14-7-15-26-54/h4-45H,1-3H3. The van der Waals surface area contributed by atoms with Gasteiger partial charge in [0.1, 0.15) is 0 Å². The first-order chi connectivity index (χ1) is 33.0. The van der Waals surface area contributed by atoms with E-state index in [0.29, 0.717) is 0 Å². The zero-order valence-corrected chi connectivity index (χ0v) is 38.1. The summed E-state index contributed by atoms with van der Waals surface area (Å²) in [6, 6.07) is 93.1. The fraction of sp³-hybridized carbons (Fsp3) is 0.0625. The predicted octanol–water partition coefficient (Wildman–Crippen LogP) is 17.4. The second-order valence-electron chi connectivity index (χ2n) is 17.6. The normalized spacial score (nSPS) is 12.2. The van der Waals surface area contributed by atoms with Crippen molar-refractivity contribution >= 4 is 51.2 Å². The molecule has 10 aromatic carbocycles. The Hall–Kier alpha value is -8.40. The van der Waals surface area contributed by atoms with E-state index in [0.717, 1.165) is 56.7 Å². The molecule has 0 saturated carbocycles. The summed E-state index contributed by atoms with van der Waals surface area (Å²) in [4.78, 5) is 7.15. The predicted molar refractivity (Wildman–Crippen MR) is 282 cm³/mol. The minimum atomic E-state index is -0.510. The Bertz CT molecular complexity index is 3190. The van der Waals surface area contributed by atoms with Crippen molar-refractivity contribution in [2.45, 2.75) is 26.2 Å². The molecule has 0 aliphatic heterocycles. The molecule has 0 bridgehead atoms. The number of hydrogen-bond acceptors (Lipinski definition) is 3. The number of nitrogens with zero attached hydrogens (tertiary/aromatic N) is 3. The Morgan fingerprint density at radius 1 is 0.269 bits per heavy atom. The van der Waals surface area contributed by atoms with Crippen molar-refractivity contribution in [3.05, 3.63) is 294 Å². The topological polar surface area (TPSA) is 9.72 Å². The maximum atomic E-state index is 2.46. The third-order valence-electron chi connectivity index (χ3n) is 13.4. The summed E-state index contributed by atoms with van der Waals surface area (Å²) in [7, 11) is 0. The minimum absolute atomic E-state index is 0.510. The van der Waals surface area contributed by atoms with E-state index >= 15 is 0 Å². The first kappa shape index (κ1) is 41.3. The smallest absolute Gasteiger partial charge is 0.0713 e. The molecule has 0 N–H and O–H groups in total. The van der Waals surface area contributed by atoms with E-state index in [9.17, 15) is 0 Å². The van der Waals surface area contributed by atoms with Crippen LogP contribution < -0.4 is 14.7 Å². The number of anilines is 9. The van der Waals surface area contributed by atoms with Crippen LogP contribution in [0.2, 0.25) is 0 Å². The minimum Gasteiger partial charge on any atom is -0.310 e. The molecule has 3 heteroatoms. The van der Waals surface area contributed by atoms with E-state index in [1.54, 1.807) is 0 Å². The van der Waals surface area contributed by atoms with Gasteiger partial charge in [-0.15, -0.1) is 0 Å². The van der Waals surface area contributed by atoms with Crippen LogP contribution in [-0.2, 0) is 5.41 Å². The third kappa shape index (κ3) is 7.45. The molecule has 0 spiro atoms. The fourth-order valence-electron chi connectivity index (χ4n) is 10.2. The highest BCUT2D eigenvalue weighted by Gasteiger charge is 2.46. The Kier molecular flexibility index (Phi) is 10.8. The molecule has 1 aliphatic carbocycles. The van der Waals surface area contributed by atoms with Crippen LogP contribution in [0.3, 0.4) is 0 Å². The van der Waals surface area contributed by atoms with Gasteiger partial charge in [-0.25, -0.2) is 0 Å². The number of para-hydroxylation sites is 4. The lowest BCUT2D eigenvalue weighted by molar-refractivity contribution is 0.767.